The largest absolute Gasteiger partial charge is 0.468 e. The zero-order chi connectivity index (χ0) is 13.7. The standard InChI is InChI=1S/C16H28N2O/c1-4-6-15(11-17-13(2)3)18(14-8-9-14)12-16-7-5-10-19-16/h5,7,10,13-15,17H,4,6,8-9,11-12H2,1-3H3. The van der Waals surface area contributed by atoms with Crippen molar-refractivity contribution in [1.82, 2.24) is 10.2 Å². The number of hydrogen-bond acceptors (Lipinski definition) is 3. The minimum Gasteiger partial charge on any atom is -0.468 e. The third-order valence-corrected chi connectivity index (χ3v) is 3.79. The maximum atomic E-state index is 5.53. The van der Waals surface area contributed by atoms with Gasteiger partial charge < -0.3 is 9.73 Å². The topological polar surface area (TPSA) is 28.4 Å². The lowest BCUT2D eigenvalue weighted by Gasteiger charge is -2.32. The van der Waals surface area contributed by atoms with E-state index in [0.717, 1.165) is 24.9 Å². The van der Waals surface area contributed by atoms with Crippen LogP contribution in [0.25, 0.3) is 0 Å². The van der Waals surface area contributed by atoms with Crippen LogP contribution in [0.2, 0.25) is 0 Å². The maximum Gasteiger partial charge on any atom is 0.117 e. The van der Waals surface area contributed by atoms with E-state index in [4.69, 9.17) is 4.42 Å². The first-order chi connectivity index (χ1) is 9.20. The zero-order valence-corrected chi connectivity index (χ0v) is 12.6. The third kappa shape index (κ3) is 4.66. The fourth-order valence-corrected chi connectivity index (χ4v) is 2.64. The average Bonchev–Trinajstić information content (AvgIpc) is 3.09. The minimum absolute atomic E-state index is 0.559. The van der Waals surface area contributed by atoms with E-state index in [9.17, 15) is 0 Å². The van der Waals surface area contributed by atoms with Gasteiger partial charge in [0.15, 0.2) is 0 Å². The molecule has 2 rings (SSSR count). The van der Waals surface area contributed by atoms with E-state index in [1.54, 1.807) is 6.26 Å². The molecule has 3 heteroatoms. The SMILES string of the molecule is CCCC(CNC(C)C)N(Cc1ccco1)C1CC1. The van der Waals surface area contributed by atoms with Crippen molar-refractivity contribution < 1.29 is 4.42 Å². The molecule has 1 heterocycles. The summed E-state index contributed by atoms with van der Waals surface area (Å²) in [6, 6.07) is 6.04. The molecule has 1 aliphatic rings. The molecule has 1 aliphatic carbocycles. The van der Waals surface area contributed by atoms with Crippen LogP contribution < -0.4 is 5.32 Å². The second-order valence-corrected chi connectivity index (χ2v) is 5.99. The van der Waals surface area contributed by atoms with E-state index in [2.05, 4.69) is 37.1 Å². The monoisotopic (exact) mass is 264 g/mol. The van der Waals surface area contributed by atoms with Crippen LogP contribution in [-0.4, -0.2) is 29.6 Å². The van der Waals surface area contributed by atoms with Gasteiger partial charge in [-0.2, -0.15) is 0 Å². The second kappa shape index (κ2) is 7.11. The molecule has 0 radical (unpaired) electrons. The van der Waals surface area contributed by atoms with Crippen molar-refractivity contribution in [3.05, 3.63) is 24.2 Å². The molecule has 1 aromatic rings. The van der Waals surface area contributed by atoms with Gasteiger partial charge in [-0.25, -0.2) is 0 Å². The van der Waals surface area contributed by atoms with E-state index >= 15 is 0 Å². The first-order valence-electron chi connectivity index (χ1n) is 7.72. The number of rotatable bonds is 9. The first kappa shape index (κ1) is 14.6. The van der Waals surface area contributed by atoms with E-state index in [0.29, 0.717) is 12.1 Å². The third-order valence-electron chi connectivity index (χ3n) is 3.79. The molecule has 19 heavy (non-hydrogen) atoms. The summed E-state index contributed by atoms with van der Waals surface area (Å²) in [5.74, 6) is 1.09. The number of nitrogens with one attached hydrogen (secondary N) is 1. The van der Waals surface area contributed by atoms with Crippen LogP contribution in [0.15, 0.2) is 22.8 Å². The van der Waals surface area contributed by atoms with Crippen LogP contribution in [-0.2, 0) is 6.54 Å². The summed E-state index contributed by atoms with van der Waals surface area (Å²) in [7, 11) is 0. The summed E-state index contributed by atoms with van der Waals surface area (Å²) in [5, 5.41) is 3.60. The summed E-state index contributed by atoms with van der Waals surface area (Å²) in [4.78, 5) is 2.65. The number of nitrogens with zero attached hydrogens (tertiary/aromatic N) is 1. The molecule has 0 spiro atoms. The summed E-state index contributed by atoms with van der Waals surface area (Å²) >= 11 is 0. The van der Waals surface area contributed by atoms with Gasteiger partial charge in [0, 0.05) is 24.7 Å². The molecule has 108 valence electrons. The quantitative estimate of drug-likeness (QED) is 0.741. The summed E-state index contributed by atoms with van der Waals surface area (Å²) in [6.45, 7) is 8.76. The van der Waals surface area contributed by atoms with Crippen molar-refractivity contribution in [3.8, 4) is 0 Å². The Bertz CT molecular complexity index is 344. The van der Waals surface area contributed by atoms with Gasteiger partial charge in [0.05, 0.1) is 12.8 Å². The first-order valence-corrected chi connectivity index (χ1v) is 7.72. The van der Waals surface area contributed by atoms with Gasteiger partial charge in [-0.3, -0.25) is 4.90 Å². The van der Waals surface area contributed by atoms with Crippen molar-refractivity contribution in [1.29, 1.82) is 0 Å². The fraction of sp³-hybridized carbons (Fsp3) is 0.750. The van der Waals surface area contributed by atoms with Crippen molar-refractivity contribution in [2.75, 3.05) is 6.54 Å². The highest BCUT2D eigenvalue weighted by molar-refractivity contribution is 5.01. The van der Waals surface area contributed by atoms with Crippen molar-refractivity contribution in [2.24, 2.45) is 0 Å². The molecule has 0 amide bonds. The minimum atomic E-state index is 0.559. The van der Waals surface area contributed by atoms with Crippen LogP contribution >= 0.6 is 0 Å². The predicted molar refractivity (Wildman–Crippen MR) is 79.1 cm³/mol. The number of furan rings is 1. The van der Waals surface area contributed by atoms with E-state index in [1.165, 1.54) is 25.7 Å². The molecule has 1 aromatic heterocycles. The average molecular weight is 264 g/mol. The van der Waals surface area contributed by atoms with Crippen molar-refractivity contribution >= 4 is 0 Å². The van der Waals surface area contributed by atoms with Crippen LogP contribution in [0.4, 0.5) is 0 Å². The van der Waals surface area contributed by atoms with Gasteiger partial charge in [0.2, 0.25) is 0 Å². The van der Waals surface area contributed by atoms with Crippen LogP contribution in [0.5, 0.6) is 0 Å². The van der Waals surface area contributed by atoms with Crippen LogP contribution in [0.3, 0.4) is 0 Å². The Hall–Kier alpha value is -0.800. The van der Waals surface area contributed by atoms with Gasteiger partial charge >= 0.3 is 0 Å². The van der Waals surface area contributed by atoms with Crippen molar-refractivity contribution in [2.45, 2.75) is 71.1 Å². The van der Waals surface area contributed by atoms with Crippen LogP contribution in [0, 0.1) is 0 Å². The fourth-order valence-electron chi connectivity index (χ4n) is 2.64. The van der Waals surface area contributed by atoms with Gasteiger partial charge in [-0.05, 0) is 31.4 Å². The molecule has 1 atom stereocenters. The molecule has 0 aromatic carbocycles. The lowest BCUT2D eigenvalue weighted by molar-refractivity contribution is 0.149. The molecule has 1 saturated carbocycles. The smallest absolute Gasteiger partial charge is 0.117 e. The normalized spacial score (nSPS) is 17.3. The Morgan fingerprint density at radius 2 is 2.21 bits per heavy atom. The molecule has 3 nitrogen and oxygen atoms in total. The van der Waals surface area contributed by atoms with E-state index in [1.807, 2.05) is 6.07 Å². The summed E-state index contributed by atoms with van der Waals surface area (Å²) in [6.07, 6.45) is 6.98. The Balaban J connectivity index is 1.96. The lowest BCUT2D eigenvalue weighted by Crippen LogP contribution is -2.44. The molecule has 1 fully saturated rings. The molecule has 0 bridgehead atoms. The van der Waals surface area contributed by atoms with E-state index < -0.39 is 0 Å². The molecule has 1 N–H and O–H groups in total. The summed E-state index contributed by atoms with van der Waals surface area (Å²) < 4.78 is 5.53. The van der Waals surface area contributed by atoms with E-state index in [-0.39, 0.29) is 0 Å². The Kier molecular flexibility index (Phi) is 5.46. The van der Waals surface area contributed by atoms with Gasteiger partial charge in [-0.1, -0.05) is 27.2 Å². The van der Waals surface area contributed by atoms with Crippen molar-refractivity contribution in [3.63, 3.8) is 0 Å². The van der Waals surface area contributed by atoms with Crippen LogP contribution in [0.1, 0.15) is 52.2 Å². The molecule has 1 unspecified atom stereocenters. The summed E-state index contributed by atoms with van der Waals surface area (Å²) in [5.41, 5.74) is 0. The molecule has 0 saturated heterocycles. The highest BCUT2D eigenvalue weighted by atomic mass is 16.3. The van der Waals surface area contributed by atoms with Gasteiger partial charge in [0.25, 0.3) is 0 Å². The molecule has 0 aliphatic heterocycles. The predicted octanol–water partition coefficient (Wildman–Crippen LogP) is 3.41. The lowest BCUT2D eigenvalue weighted by atomic mass is 10.1. The Labute approximate surface area is 117 Å². The molecular weight excluding hydrogens is 236 g/mol. The number of hydrogen-bond donors (Lipinski definition) is 1. The highest BCUT2D eigenvalue weighted by Gasteiger charge is 2.33. The maximum absolute atomic E-state index is 5.53. The Morgan fingerprint density at radius 1 is 1.42 bits per heavy atom. The molecular formula is C16H28N2O. The Morgan fingerprint density at radius 3 is 2.74 bits per heavy atom. The van der Waals surface area contributed by atoms with Gasteiger partial charge in [-0.15, -0.1) is 0 Å². The zero-order valence-electron chi connectivity index (χ0n) is 12.6. The second-order valence-electron chi connectivity index (χ2n) is 5.99. The highest BCUT2D eigenvalue weighted by Crippen LogP contribution is 2.31. The van der Waals surface area contributed by atoms with Gasteiger partial charge in [0.1, 0.15) is 5.76 Å².